The maximum atomic E-state index is 12.8. The summed E-state index contributed by atoms with van der Waals surface area (Å²) in [4.78, 5) is 40.7. The van der Waals surface area contributed by atoms with Crippen LogP contribution in [0.1, 0.15) is 53.9 Å². The predicted molar refractivity (Wildman–Crippen MR) is 123 cm³/mol. The van der Waals surface area contributed by atoms with Crippen LogP contribution < -0.4 is 10.1 Å². The van der Waals surface area contributed by atoms with Crippen molar-refractivity contribution < 1.29 is 33.5 Å². The first-order valence-electron chi connectivity index (χ1n) is 11.2. The van der Waals surface area contributed by atoms with Crippen molar-refractivity contribution in [2.24, 2.45) is 5.92 Å². The Morgan fingerprint density at radius 1 is 1.17 bits per heavy atom. The Kier molecular flexibility index (Phi) is 7.09. The topological polar surface area (TPSA) is 141 Å². The molecule has 2 amide bonds. The first-order chi connectivity index (χ1) is 16.8. The molecule has 2 heterocycles. The van der Waals surface area contributed by atoms with Gasteiger partial charge in [0.15, 0.2) is 11.9 Å². The van der Waals surface area contributed by atoms with Gasteiger partial charge in [0.05, 0.1) is 5.69 Å². The van der Waals surface area contributed by atoms with Gasteiger partial charge in [-0.15, -0.1) is 0 Å². The van der Waals surface area contributed by atoms with Crippen molar-refractivity contribution in [3.8, 4) is 17.2 Å². The molecule has 0 saturated heterocycles. The zero-order chi connectivity index (χ0) is 24.9. The van der Waals surface area contributed by atoms with E-state index in [4.69, 9.17) is 14.0 Å². The van der Waals surface area contributed by atoms with Crippen LogP contribution in [0.2, 0.25) is 0 Å². The van der Waals surface area contributed by atoms with E-state index in [1.807, 2.05) is 30.3 Å². The highest BCUT2D eigenvalue weighted by Crippen LogP contribution is 2.34. The fourth-order valence-corrected chi connectivity index (χ4v) is 3.56. The molecule has 0 radical (unpaired) electrons. The molecular formula is C25H25N3O7. The van der Waals surface area contributed by atoms with E-state index in [1.165, 1.54) is 12.3 Å². The van der Waals surface area contributed by atoms with E-state index in [1.54, 1.807) is 19.9 Å². The molecule has 0 aliphatic heterocycles. The number of ether oxygens (including phenoxy) is 2. The van der Waals surface area contributed by atoms with E-state index in [2.05, 4.69) is 15.5 Å². The molecule has 182 valence electrons. The number of hydrogen-bond donors (Lipinski definition) is 2. The predicted octanol–water partition coefficient (Wildman–Crippen LogP) is 4.30. The highest BCUT2D eigenvalue weighted by atomic mass is 16.6. The lowest BCUT2D eigenvalue weighted by Gasteiger charge is -2.14. The average molecular weight is 479 g/mol. The molecule has 10 nitrogen and oxygen atoms in total. The maximum Gasteiger partial charge on any atom is 0.414 e. The number of amides is 2. The van der Waals surface area contributed by atoms with Crippen LogP contribution in [0.5, 0.6) is 5.88 Å². The highest BCUT2D eigenvalue weighted by molar-refractivity contribution is 6.07. The van der Waals surface area contributed by atoms with Crippen molar-refractivity contribution in [2.75, 3.05) is 0 Å². The zero-order valence-electron chi connectivity index (χ0n) is 19.3. The van der Waals surface area contributed by atoms with Crippen molar-refractivity contribution in [1.82, 2.24) is 15.5 Å². The van der Waals surface area contributed by atoms with Gasteiger partial charge in [0.1, 0.15) is 11.7 Å². The number of hydrogen-bond acceptors (Lipinski definition) is 8. The van der Waals surface area contributed by atoms with Crippen LogP contribution in [-0.4, -0.2) is 39.3 Å². The minimum Gasteiger partial charge on any atom is -0.479 e. The van der Waals surface area contributed by atoms with Gasteiger partial charge in [-0.1, -0.05) is 48.3 Å². The Morgan fingerprint density at radius 3 is 2.54 bits per heavy atom. The third-order valence-electron chi connectivity index (χ3n) is 5.64. The molecule has 1 aromatic carbocycles. The summed E-state index contributed by atoms with van der Waals surface area (Å²) in [5.41, 5.74) is 1.52. The molecule has 3 aromatic rings. The Bertz CT molecular complexity index is 1200. The van der Waals surface area contributed by atoms with E-state index in [0.29, 0.717) is 17.9 Å². The van der Waals surface area contributed by atoms with Gasteiger partial charge >= 0.3 is 12.1 Å². The number of alkyl carbamates (subject to hydrolysis) is 1. The molecule has 2 N–H and O–H groups in total. The summed E-state index contributed by atoms with van der Waals surface area (Å²) in [5.74, 6) is -1.16. The minimum absolute atomic E-state index is 0.0573. The largest absolute Gasteiger partial charge is 0.479 e. The number of carboxylic acids is 1. The highest BCUT2D eigenvalue weighted by Gasteiger charge is 2.31. The average Bonchev–Trinajstić information content (AvgIpc) is 3.58. The summed E-state index contributed by atoms with van der Waals surface area (Å²) in [5, 5.41) is 15.4. The van der Waals surface area contributed by atoms with Crippen molar-refractivity contribution in [1.29, 1.82) is 0 Å². The fourth-order valence-electron chi connectivity index (χ4n) is 3.56. The van der Waals surface area contributed by atoms with Gasteiger partial charge in [-0.2, -0.15) is 0 Å². The normalized spacial score (nSPS) is 14.6. The minimum atomic E-state index is -1.04. The Labute approximate surface area is 201 Å². The number of imide groups is 1. The SMILES string of the molecule is Cc1noc(-c2ccc(OC(CC3CC3)C(=O)O)nc2)c1C(=O)NC(=O)OC(C)c1ccccc1. The van der Waals surface area contributed by atoms with Crippen LogP contribution in [0.15, 0.2) is 53.2 Å². The van der Waals surface area contributed by atoms with E-state index in [-0.39, 0.29) is 22.9 Å². The number of benzene rings is 1. The molecule has 1 saturated carbocycles. The van der Waals surface area contributed by atoms with Crippen molar-refractivity contribution in [3.05, 3.63) is 65.5 Å². The summed E-state index contributed by atoms with van der Waals surface area (Å²) in [7, 11) is 0. The molecule has 1 aliphatic rings. The number of nitrogens with one attached hydrogen (secondary N) is 1. The Morgan fingerprint density at radius 2 is 1.91 bits per heavy atom. The summed E-state index contributed by atoms with van der Waals surface area (Å²) in [6.07, 6.45) is 1.40. The van der Waals surface area contributed by atoms with E-state index in [9.17, 15) is 19.5 Å². The van der Waals surface area contributed by atoms with Crippen molar-refractivity contribution in [2.45, 2.75) is 45.3 Å². The second-order valence-corrected chi connectivity index (χ2v) is 8.39. The number of aryl methyl sites for hydroxylation is 1. The molecular weight excluding hydrogens is 454 g/mol. The number of rotatable bonds is 9. The van der Waals surface area contributed by atoms with Gasteiger partial charge in [0, 0.05) is 17.8 Å². The van der Waals surface area contributed by atoms with Crippen molar-refractivity contribution in [3.63, 3.8) is 0 Å². The molecule has 1 fully saturated rings. The fraction of sp³-hybridized carbons (Fsp3) is 0.320. The van der Waals surface area contributed by atoms with Gasteiger partial charge in [0.2, 0.25) is 5.88 Å². The molecule has 0 spiro atoms. The van der Waals surface area contributed by atoms with Crippen LogP contribution in [0.25, 0.3) is 11.3 Å². The molecule has 35 heavy (non-hydrogen) atoms. The molecule has 2 atom stereocenters. The van der Waals surface area contributed by atoms with Gasteiger partial charge in [-0.25, -0.2) is 14.6 Å². The summed E-state index contributed by atoms with van der Waals surface area (Å²) >= 11 is 0. The molecule has 0 bridgehead atoms. The van der Waals surface area contributed by atoms with Gasteiger partial charge < -0.3 is 19.1 Å². The third kappa shape index (κ3) is 6.03. The van der Waals surface area contributed by atoms with Crippen LogP contribution in [0.4, 0.5) is 4.79 Å². The van der Waals surface area contributed by atoms with Crippen LogP contribution >= 0.6 is 0 Å². The maximum absolute atomic E-state index is 12.8. The second-order valence-electron chi connectivity index (χ2n) is 8.39. The number of carbonyl (C=O) groups is 3. The molecule has 2 unspecified atom stereocenters. The number of nitrogens with zero attached hydrogens (tertiary/aromatic N) is 2. The van der Waals surface area contributed by atoms with Crippen LogP contribution in [0.3, 0.4) is 0 Å². The van der Waals surface area contributed by atoms with Crippen LogP contribution in [0, 0.1) is 12.8 Å². The second kappa shape index (κ2) is 10.4. The van der Waals surface area contributed by atoms with E-state index < -0.39 is 30.2 Å². The summed E-state index contributed by atoms with van der Waals surface area (Å²) in [6, 6.07) is 12.2. The molecule has 10 heteroatoms. The lowest BCUT2D eigenvalue weighted by Crippen LogP contribution is -2.32. The number of aromatic nitrogens is 2. The zero-order valence-corrected chi connectivity index (χ0v) is 19.3. The number of pyridine rings is 1. The standard InChI is InChI=1S/C25H25N3O7/c1-14-21(23(29)27-25(32)33-15(2)17-6-4-3-5-7-17)22(35-28-14)18-10-11-20(26-13-18)34-19(24(30)31)12-16-8-9-16/h3-7,10-11,13,15-16,19H,8-9,12H2,1-2H3,(H,30,31)(H,27,29,32). The van der Waals surface area contributed by atoms with Gasteiger partial charge in [-0.05, 0) is 37.8 Å². The van der Waals surface area contributed by atoms with Gasteiger partial charge in [0.25, 0.3) is 5.91 Å². The third-order valence-corrected chi connectivity index (χ3v) is 5.64. The summed E-state index contributed by atoms with van der Waals surface area (Å²) < 4.78 is 16.1. The number of carboxylic acid groups (broad SMARTS) is 1. The monoisotopic (exact) mass is 479 g/mol. The lowest BCUT2D eigenvalue weighted by atomic mass is 10.1. The Hall–Kier alpha value is -4.21. The first kappa shape index (κ1) is 23.9. The lowest BCUT2D eigenvalue weighted by molar-refractivity contribution is -0.145. The first-order valence-corrected chi connectivity index (χ1v) is 11.2. The number of aliphatic carboxylic acids is 1. The van der Waals surface area contributed by atoms with E-state index in [0.717, 1.165) is 18.4 Å². The molecule has 4 rings (SSSR count). The van der Waals surface area contributed by atoms with Crippen molar-refractivity contribution >= 4 is 18.0 Å². The Balaban J connectivity index is 1.43. The van der Waals surface area contributed by atoms with E-state index >= 15 is 0 Å². The summed E-state index contributed by atoms with van der Waals surface area (Å²) in [6.45, 7) is 3.27. The molecule has 2 aromatic heterocycles. The van der Waals surface area contributed by atoms with Gasteiger partial charge in [-0.3, -0.25) is 10.1 Å². The molecule has 1 aliphatic carbocycles. The number of carbonyl (C=O) groups excluding carboxylic acids is 2. The van der Waals surface area contributed by atoms with Crippen LogP contribution in [-0.2, 0) is 9.53 Å². The smallest absolute Gasteiger partial charge is 0.414 e. The quantitative estimate of drug-likeness (QED) is 0.459.